The van der Waals surface area contributed by atoms with E-state index in [1.165, 1.54) is 0 Å². The average Bonchev–Trinajstić information content (AvgIpc) is 4.12. The van der Waals surface area contributed by atoms with Crippen LogP contribution in [-0.4, -0.2) is 0 Å². The average molecular weight is 641 g/mol. The third-order valence-electron chi connectivity index (χ3n) is 7.75. The summed E-state index contributed by atoms with van der Waals surface area (Å²) in [5.74, 6) is -0.763. The zero-order valence-electron chi connectivity index (χ0n) is 51.8. The van der Waals surface area contributed by atoms with Crippen LogP contribution in [0.2, 0.25) is 0 Å². The van der Waals surface area contributed by atoms with E-state index in [0.717, 1.165) is 0 Å². The third-order valence-corrected chi connectivity index (χ3v) is 7.75. The molecule has 2 heterocycles. The fourth-order valence-corrected chi connectivity index (χ4v) is 5.84. The van der Waals surface area contributed by atoms with Crippen LogP contribution < -0.4 is 0 Å². The zero-order valence-corrected chi connectivity index (χ0v) is 23.8. The van der Waals surface area contributed by atoms with Crippen LogP contribution in [0.25, 0.3) is 99.2 Å². The van der Waals surface area contributed by atoms with Crippen molar-refractivity contribution in [2.24, 2.45) is 0 Å². The van der Waals surface area contributed by atoms with Gasteiger partial charge in [0.2, 0.25) is 0 Å². The summed E-state index contributed by atoms with van der Waals surface area (Å²) in [5, 5.41) is -4.39. The molecule has 0 saturated carbocycles. The number of benzene rings is 8. The number of furan rings is 2. The maximum atomic E-state index is 9.83. The molecule has 2 nitrogen and oxygen atoms in total. The molecule has 10 aromatic rings. The molecule has 2 aromatic heterocycles. The highest BCUT2D eigenvalue weighted by atomic mass is 16.3. The molecule has 0 atom stereocenters. The molecule has 224 valence electrons. The lowest BCUT2D eigenvalue weighted by Gasteiger charge is -2.17. The lowest BCUT2D eigenvalue weighted by Crippen LogP contribution is -1.90. The van der Waals surface area contributed by atoms with Gasteiger partial charge >= 0.3 is 0 Å². The molecule has 0 radical (unpaired) electrons. The van der Waals surface area contributed by atoms with E-state index in [9.17, 15) is 12.3 Å². The topological polar surface area (TPSA) is 26.3 Å². The molecule has 48 heavy (non-hydrogen) atoms. The van der Waals surface area contributed by atoms with Gasteiger partial charge in [-0.15, -0.1) is 0 Å². The van der Waals surface area contributed by atoms with Gasteiger partial charge in [0.25, 0.3) is 0 Å². The van der Waals surface area contributed by atoms with Crippen LogP contribution in [0, 0.1) is 0 Å². The summed E-state index contributed by atoms with van der Waals surface area (Å²) in [6.45, 7) is 0. The largest absolute Gasteiger partial charge is 0.456 e. The highest BCUT2D eigenvalue weighted by Gasteiger charge is 2.23. The molecule has 0 aliphatic rings. The van der Waals surface area contributed by atoms with Crippen molar-refractivity contribution >= 4 is 54.5 Å². The number of fused-ring (bicyclic) bond motifs is 7. The minimum Gasteiger partial charge on any atom is -0.456 e. The van der Waals surface area contributed by atoms with Crippen molar-refractivity contribution in [2.75, 3.05) is 0 Å². The Bertz CT molecular complexity index is 4270. The molecule has 0 aliphatic carbocycles. The van der Waals surface area contributed by atoms with Crippen LogP contribution in [0.15, 0.2) is 178 Å². The van der Waals surface area contributed by atoms with Crippen molar-refractivity contribution < 1.29 is 47.2 Å². The summed E-state index contributed by atoms with van der Waals surface area (Å²) in [5.41, 5.74) is -6.96. The highest BCUT2D eigenvalue weighted by Crippen LogP contribution is 2.47. The minimum atomic E-state index is -1.02. The van der Waals surface area contributed by atoms with Gasteiger partial charge in [0, 0.05) is 21.9 Å². The third kappa shape index (κ3) is 4.00. The maximum Gasteiger partial charge on any atom is 0.147 e. The van der Waals surface area contributed by atoms with Crippen molar-refractivity contribution in [3.63, 3.8) is 0 Å². The van der Waals surface area contributed by atoms with Gasteiger partial charge in [0.05, 0.1) is 43.8 Å². The summed E-state index contributed by atoms with van der Waals surface area (Å²) < 4.78 is 262. The van der Waals surface area contributed by atoms with Crippen LogP contribution in [0.3, 0.4) is 0 Å². The molecule has 0 spiro atoms. The van der Waals surface area contributed by atoms with Crippen molar-refractivity contribution in [3.8, 4) is 44.7 Å². The quantitative estimate of drug-likeness (QED) is 0.179. The Morgan fingerprint density at radius 1 is 0.333 bits per heavy atom. The molecule has 0 saturated heterocycles. The second-order valence-corrected chi connectivity index (χ2v) is 10.3. The number of rotatable bonds is 4. The summed E-state index contributed by atoms with van der Waals surface area (Å²) in [6.07, 6.45) is 0. The first-order chi connectivity index (χ1) is 35.5. The molecule has 10 rings (SSSR count). The minimum absolute atomic E-state index is 0.494. The fraction of sp³-hybridized carbons (Fsp3) is 0. The van der Waals surface area contributed by atoms with Crippen molar-refractivity contribution in [3.05, 3.63) is 169 Å². The zero-order chi connectivity index (χ0) is 56.0. The Balaban J connectivity index is 1.46. The second-order valence-electron chi connectivity index (χ2n) is 10.3. The van der Waals surface area contributed by atoms with E-state index in [2.05, 4.69) is 0 Å². The molecule has 0 fully saturated rings. The smallest absolute Gasteiger partial charge is 0.147 e. The highest BCUT2D eigenvalue weighted by molar-refractivity contribution is 6.24. The van der Waals surface area contributed by atoms with Gasteiger partial charge in [-0.1, -0.05) is 145 Å². The van der Waals surface area contributed by atoms with E-state index < -0.39 is 268 Å². The standard InChI is InChI=1S/C46H28O2/c1-4-14-29(15-5-1)41-33-20-10-12-22-35(33)42(36-23-13-11-21-34(36)41)32-24-25-37-40(28-32)47-39-27-26-38-43(30-16-6-2-7-17-30)45(48-46(38)44(37)39)31-18-8-3-9-19-31/h1-28H/i1D,2D,3D,4D,5D,6D,7D,8D,9D,10D,11D,12D,13D,14D,15D,16D,17D,18D,19D,20D,21D,22D,23D,24D,25D,26D,27D,28D. The van der Waals surface area contributed by atoms with Crippen LogP contribution in [-0.2, 0) is 0 Å². The lowest BCUT2D eigenvalue weighted by molar-refractivity contribution is 0.634. The van der Waals surface area contributed by atoms with E-state index in [-0.39, 0.29) is 0 Å². The van der Waals surface area contributed by atoms with Gasteiger partial charge in [-0.25, -0.2) is 0 Å². The van der Waals surface area contributed by atoms with Crippen LogP contribution in [0.5, 0.6) is 0 Å². The molecule has 0 amide bonds. The van der Waals surface area contributed by atoms with E-state index in [1.807, 2.05) is 0 Å². The number of hydrogen-bond donors (Lipinski definition) is 0. The Morgan fingerprint density at radius 2 is 0.812 bits per heavy atom. The van der Waals surface area contributed by atoms with Gasteiger partial charge in [-0.3, -0.25) is 0 Å². The van der Waals surface area contributed by atoms with Gasteiger partial charge in [0.15, 0.2) is 0 Å². The predicted molar refractivity (Wildman–Crippen MR) is 200 cm³/mol. The monoisotopic (exact) mass is 640 g/mol. The molecule has 0 aliphatic heterocycles. The molecule has 8 aromatic carbocycles. The van der Waals surface area contributed by atoms with Gasteiger partial charge in [-0.05, 0) is 73.5 Å². The molecule has 0 bridgehead atoms. The van der Waals surface area contributed by atoms with E-state index >= 15 is 0 Å². The Kier molecular flexibility index (Phi) is 2.45. The summed E-state index contributed by atoms with van der Waals surface area (Å²) in [6, 6.07) is -25.9. The SMILES string of the molecule is [2H]c1c([2H])c([2H])c(-c2oc3c(c([2H])c([2H])c4oc5c([2H])c(-c6c7c([2H])c([2H])c([2H])c([2H])c7c(-c7c([2H])c([2H])c([2H])c([2H])c7[2H])c7c([2H])c([2H])c([2H])c([2H])c67)c([2H])c([2H])c5c43)c2-c2c([2H])c([2H])c([2H])c([2H])c2[2H])c([2H])c1[2H]. The van der Waals surface area contributed by atoms with Gasteiger partial charge in [-0.2, -0.15) is 0 Å². The summed E-state index contributed by atoms with van der Waals surface area (Å²) in [7, 11) is 0. The summed E-state index contributed by atoms with van der Waals surface area (Å²) in [4.78, 5) is 0. The van der Waals surface area contributed by atoms with Crippen LogP contribution in [0.4, 0.5) is 0 Å². The molecule has 2 heteroatoms. The first-order valence-corrected chi connectivity index (χ1v) is 14.1. The number of hydrogen-bond acceptors (Lipinski definition) is 2. The first kappa shape index (κ1) is 11.1. The lowest BCUT2D eigenvalue weighted by atomic mass is 9.86. The van der Waals surface area contributed by atoms with E-state index in [0.29, 0.717) is 0 Å². The Hall–Kier alpha value is -6.38. The summed E-state index contributed by atoms with van der Waals surface area (Å²) >= 11 is 0. The Labute approximate surface area is 316 Å². The van der Waals surface area contributed by atoms with Crippen molar-refractivity contribution in [1.29, 1.82) is 0 Å². The van der Waals surface area contributed by atoms with Gasteiger partial charge in [0.1, 0.15) is 22.5 Å². The van der Waals surface area contributed by atoms with Crippen LogP contribution >= 0.6 is 0 Å². The van der Waals surface area contributed by atoms with Gasteiger partial charge < -0.3 is 8.83 Å². The first-order valence-electron chi connectivity index (χ1n) is 28.1. The maximum absolute atomic E-state index is 9.83. The molecular weight excluding hydrogens is 585 g/mol. The van der Waals surface area contributed by atoms with E-state index in [4.69, 9.17) is 34.9 Å². The molecular formula is C46H28O2. The van der Waals surface area contributed by atoms with Crippen LogP contribution in [0.1, 0.15) is 38.4 Å². The van der Waals surface area contributed by atoms with Crippen molar-refractivity contribution in [1.82, 2.24) is 0 Å². The molecule has 0 N–H and O–H groups in total. The van der Waals surface area contributed by atoms with Crippen molar-refractivity contribution in [2.45, 2.75) is 0 Å². The second kappa shape index (κ2) is 10.6. The Morgan fingerprint density at radius 3 is 1.40 bits per heavy atom. The molecule has 0 unspecified atom stereocenters. The predicted octanol–water partition coefficient (Wildman–Crippen LogP) is 13.3. The fourth-order valence-electron chi connectivity index (χ4n) is 5.84. The van der Waals surface area contributed by atoms with E-state index in [1.54, 1.807) is 0 Å². The normalized spacial score (nSPS) is 19.9.